The molecular formula is C19H14F7N3O7S2. The summed E-state index contributed by atoms with van der Waals surface area (Å²) >= 11 is 0. The van der Waals surface area contributed by atoms with Crippen molar-refractivity contribution in [1.82, 2.24) is 0 Å². The first kappa shape index (κ1) is 30.6. The molecule has 1 unspecified atom stereocenters. The Morgan fingerprint density at radius 1 is 0.974 bits per heavy atom. The Bertz CT molecular complexity index is 1410. The number of nitro benzene ring substituents is 1. The van der Waals surface area contributed by atoms with Crippen LogP contribution in [0.15, 0.2) is 52.3 Å². The van der Waals surface area contributed by atoms with E-state index in [1.807, 2.05) is 0 Å². The fourth-order valence-corrected chi connectivity index (χ4v) is 5.13. The lowest BCUT2D eigenvalue weighted by molar-refractivity contribution is -0.388. The van der Waals surface area contributed by atoms with E-state index < -0.39 is 76.0 Å². The highest BCUT2D eigenvalue weighted by Crippen LogP contribution is 2.49. The largest absolute Gasteiger partial charge is 0.461 e. The molecule has 208 valence electrons. The Labute approximate surface area is 210 Å². The molecule has 0 radical (unpaired) electrons. The van der Waals surface area contributed by atoms with Gasteiger partial charge in [-0.3, -0.25) is 19.7 Å². The number of rotatable bonds is 9. The number of nitro groups is 1. The van der Waals surface area contributed by atoms with Gasteiger partial charge in [-0.05, 0) is 30.3 Å². The number of halogens is 7. The predicted molar refractivity (Wildman–Crippen MR) is 117 cm³/mol. The van der Waals surface area contributed by atoms with E-state index in [0.717, 1.165) is 0 Å². The second kappa shape index (κ2) is 10.6. The number of sulfone groups is 1. The molecule has 0 aliphatic heterocycles. The van der Waals surface area contributed by atoms with E-state index in [2.05, 4.69) is 10.6 Å². The molecule has 0 spiro atoms. The molecular weight excluding hydrogens is 579 g/mol. The maximum Gasteiger partial charge on any atom is 0.461 e. The summed E-state index contributed by atoms with van der Waals surface area (Å²) in [6.45, 7) is 1.19. The molecule has 0 heterocycles. The Hall–Kier alpha value is -3.61. The smallest absolute Gasteiger partial charge is 0.326 e. The van der Waals surface area contributed by atoms with Gasteiger partial charge in [0.1, 0.15) is 21.4 Å². The number of nitrogens with one attached hydrogen (secondary N) is 2. The summed E-state index contributed by atoms with van der Waals surface area (Å²) in [5.41, 5.74) is -1.41. The first-order valence-corrected chi connectivity index (χ1v) is 12.4. The third-order valence-corrected chi connectivity index (χ3v) is 7.48. The normalized spacial score (nSPS) is 13.5. The van der Waals surface area contributed by atoms with Gasteiger partial charge in [0, 0.05) is 24.4 Å². The summed E-state index contributed by atoms with van der Waals surface area (Å²) in [6, 6.07) is 5.44. The molecule has 0 fully saturated rings. The van der Waals surface area contributed by atoms with E-state index in [0.29, 0.717) is 0 Å². The molecule has 2 aromatic carbocycles. The van der Waals surface area contributed by atoms with Gasteiger partial charge in [0.05, 0.1) is 9.82 Å². The zero-order valence-corrected chi connectivity index (χ0v) is 20.1. The van der Waals surface area contributed by atoms with Crippen molar-refractivity contribution in [2.45, 2.75) is 34.1 Å². The van der Waals surface area contributed by atoms with Gasteiger partial charge in [0.2, 0.25) is 11.8 Å². The van der Waals surface area contributed by atoms with Crippen LogP contribution in [-0.2, 0) is 30.2 Å². The second-order valence-corrected chi connectivity index (χ2v) is 10.8. The standard InChI is InChI=1S/C19H14F7N3O7S2/c1-10(30)27-11-3-2-4-12(7-11)28-16(31)9-38(35,36)15-6-5-13(8-14(15)29(32)33)37(34)19(25,26)17(20,21)18(22,23)24/h2-8H,9H2,1H3,(H,27,30)(H,28,31). The highest BCUT2D eigenvalue weighted by atomic mass is 32.2. The molecule has 0 bridgehead atoms. The molecule has 0 saturated carbocycles. The summed E-state index contributed by atoms with van der Waals surface area (Å²) in [4.78, 5) is 30.3. The molecule has 0 aliphatic rings. The summed E-state index contributed by atoms with van der Waals surface area (Å²) < 4.78 is 128. The van der Waals surface area contributed by atoms with E-state index in [4.69, 9.17) is 0 Å². The van der Waals surface area contributed by atoms with Crippen LogP contribution < -0.4 is 10.6 Å². The lowest BCUT2D eigenvalue weighted by Gasteiger charge is -2.27. The maximum atomic E-state index is 13.8. The van der Waals surface area contributed by atoms with E-state index in [1.165, 1.54) is 31.2 Å². The number of nitrogens with zero attached hydrogens (tertiary/aromatic N) is 1. The highest BCUT2D eigenvalue weighted by molar-refractivity contribution is 7.92. The molecule has 2 aromatic rings. The molecule has 0 aliphatic carbocycles. The fraction of sp³-hybridized carbons (Fsp3) is 0.263. The lowest BCUT2D eigenvalue weighted by Crippen LogP contribution is -2.54. The summed E-state index contributed by atoms with van der Waals surface area (Å²) in [7, 11) is -9.48. The zero-order valence-electron chi connectivity index (χ0n) is 18.5. The quantitative estimate of drug-likeness (QED) is 0.254. The number of benzene rings is 2. The van der Waals surface area contributed by atoms with Crippen LogP contribution in [0.3, 0.4) is 0 Å². The number of hydrogen-bond donors (Lipinski definition) is 2. The van der Waals surface area contributed by atoms with Crippen LogP contribution in [0, 0.1) is 10.1 Å². The molecule has 38 heavy (non-hydrogen) atoms. The monoisotopic (exact) mass is 593 g/mol. The number of carbonyl (C=O) groups excluding carboxylic acids is 2. The molecule has 10 nitrogen and oxygen atoms in total. The SMILES string of the molecule is CC(=O)Nc1cccc(NC(=O)CS(=O)(=O)c2ccc(S(=O)C(F)(F)C(F)(F)C(F)(F)F)cc2[N+](=O)[O-])c1. The van der Waals surface area contributed by atoms with Crippen molar-refractivity contribution < 1.29 is 57.9 Å². The topological polar surface area (TPSA) is 153 Å². The van der Waals surface area contributed by atoms with E-state index in [1.54, 1.807) is 0 Å². The molecule has 2 N–H and O–H groups in total. The van der Waals surface area contributed by atoms with Gasteiger partial charge in [-0.25, -0.2) is 12.6 Å². The molecule has 2 rings (SSSR count). The van der Waals surface area contributed by atoms with Crippen LogP contribution in [0.5, 0.6) is 0 Å². The van der Waals surface area contributed by atoms with Crippen molar-refractivity contribution in [2.24, 2.45) is 0 Å². The van der Waals surface area contributed by atoms with Crippen molar-refractivity contribution in [2.75, 3.05) is 16.4 Å². The van der Waals surface area contributed by atoms with E-state index >= 15 is 0 Å². The van der Waals surface area contributed by atoms with E-state index in [9.17, 15) is 63.1 Å². The summed E-state index contributed by atoms with van der Waals surface area (Å²) in [6.07, 6.45) is -6.84. The van der Waals surface area contributed by atoms with Crippen molar-refractivity contribution >= 4 is 49.5 Å². The third-order valence-electron chi connectivity index (χ3n) is 4.42. The van der Waals surface area contributed by atoms with Gasteiger partial charge in [0.25, 0.3) is 5.69 Å². The Morgan fingerprint density at radius 2 is 1.53 bits per heavy atom. The average Bonchev–Trinajstić information content (AvgIpc) is 2.76. The highest BCUT2D eigenvalue weighted by Gasteiger charge is 2.76. The number of hydrogen-bond acceptors (Lipinski definition) is 7. The molecule has 0 saturated heterocycles. The second-order valence-electron chi connectivity index (χ2n) is 7.31. The number of carbonyl (C=O) groups is 2. The zero-order chi connectivity index (χ0) is 29.3. The Balaban J connectivity index is 2.38. The van der Waals surface area contributed by atoms with Crippen molar-refractivity contribution in [1.29, 1.82) is 0 Å². The number of alkyl halides is 7. The van der Waals surface area contributed by atoms with Gasteiger partial charge >= 0.3 is 17.4 Å². The summed E-state index contributed by atoms with van der Waals surface area (Å²) in [5.74, 6) is -10.0. The van der Waals surface area contributed by atoms with Crippen molar-refractivity contribution in [3.05, 3.63) is 52.6 Å². The first-order valence-electron chi connectivity index (χ1n) is 9.63. The molecule has 2 amide bonds. The number of amides is 2. The van der Waals surface area contributed by atoms with Gasteiger partial charge < -0.3 is 10.6 Å². The van der Waals surface area contributed by atoms with Crippen LogP contribution in [0.25, 0.3) is 0 Å². The minimum Gasteiger partial charge on any atom is -0.326 e. The van der Waals surface area contributed by atoms with Crippen molar-refractivity contribution in [3.8, 4) is 0 Å². The predicted octanol–water partition coefficient (Wildman–Crippen LogP) is 3.86. The summed E-state index contributed by atoms with van der Waals surface area (Å²) in [5, 5.41) is 9.57. The average molecular weight is 593 g/mol. The fourth-order valence-electron chi connectivity index (χ4n) is 2.77. The van der Waals surface area contributed by atoms with Gasteiger partial charge in [-0.15, -0.1) is 0 Å². The molecule has 0 aromatic heterocycles. The molecule has 1 atom stereocenters. The van der Waals surface area contributed by atoms with E-state index in [-0.39, 0.29) is 29.6 Å². The van der Waals surface area contributed by atoms with Gasteiger partial charge in [0.15, 0.2) is 9.84 Å². The van der Waals surface area contributed by atoms with Crippen LogP contribution >= 0.6 is 0 Å². The molecule has 19 heteroatoms. The lowest BCUT2D eigenvalue weighted by atomic mass is 10.2. The third kappa shape index (κ3) is 6.44. The van der Waals surface area contributed by atoms with Crippen LogP contribution in [0.2, 0.25) is 0 Å². The minimum atomic E-state index is -6.84. The first-order chi connectivity index (χ1) is 17.2. The maximum absolute atomic E-state index is 13.8. The van der Waals surface area contributed by atoms with Crippen molar-refractivity contribution in [3.63, 3.8) is 0 Å². The van der Waals surface area contributed by atoms with Crippen LogP contribution in [0.1, 0.15) is 6.92 Å². The van der Waals surface area contributed by atoms with Gasteiger partial charge in [-0.1, -0.05) is 6.07 Å². The Kier molecular flexibility index (Phi) is 8.57. The Morgan fingerprint density at radius 3 is 2.03 bits per heavy atom. The van der Waals surface area contributed by atoms with Crippen LogP contribution in [0.4, 0.5) is 47.8 Å². The number of anilines is 2. The van der Waals surface area contributed by atoms with Crippen LogP contribution in [-0.4, -0.2) is 52.5 Å². The van der Waals surface area contributed by atoms with Gasteiger partial charge in [-0.2, -0.15) is 30.7 Å². The minimum absolute atomic E-state index is 0.00970.